The van der Waals surface area contributed by atoms with Gasteiger partial charge in [0.1, 0.15) is 78.3 Å². The monoisotopic (exact) mass is 1550 g/mol. The van der Waals surface area contributed by atoms with Gasteiger partial charge in [0, 0.05) is 25.8 Å². The minimum absolute atomic E-state index is 0.00130. The summed E-state index contributed by atoms with van der Waals surface area (Å²) >= 11 is 0. The number of carboxylic acid groups (broad SMARTS) is 3. The van der Waals surface area contributed by atoms with Crippen molar-refractivity contribution in [2.45, 2.75) is 231 Å². The summed E-state index contributed by atoms with van der Waals surface area (Å²) in [6, 6.07) is -17.0. The molecule has 13 atom stereocenters. The third-order valence-electron chi connectivity index (χ3n) is 16.2. The molecule has 14 amide bonds. The molecule has 0 aliphatic rings. The van der Waals surface area contributed by atoms with Crippen LogP contribution in [0.1, 0.15) is 152 Å². The van der Waals surface area contributed by atoms with Gasteiger partial charge in [-0.1, -0.05) is 81.4 Å². The van der Waals surface area contributed by atoms with Crippen molar-refractivity contribution in [3.05, 3.63) is 29.8 Å². The Morgan fingerprint density at radius 3 is 1.12 bits per heavy atom. The number of primary amides is 2. The summed E-state index contributed by atoms with van der Waals surface area (Å²) in [6.07, 6.45) is -5.70. The van der Waals surface area contributed by atoms with Gasteiger partial charge in [0.15, 0.2) is 5.96 Å². The minimum atomic E-state index is -2.11. The van der Waals surface area contributed by atoms with Crippen molar-refractivity contribution < 1.29 is 112 Å². The maximum absolute atomic E-state index is 14.4. The first-order chi connectivity index (χ1) is 50.8. The molecule has 0 spiro atoms. The summed E-state index contributed by atoms with van der Waals surface area (Å²) in [4.78, 5) is 232. The molecule has 0 heterocycles. The Hall–Kier alpha value is -10.8. The molecule has 0 bridgehead atoms. The Morgan fingerprint density at radius 1 is 0.376 bits per heavy atom. The number of phenolic OH excluding ortho intramolecular Hbond substituents is 1. The van der Waals surface area contributed by atoms with Crippen molar-refractivity contribution in [2.24, 2.45) is 63.3 Å². The number of carbonyl (C=O) groups is 17. The van der Waals surface area contributed by atoms with E-state index < -0.39 is 249 Å². The number of phenols is 1. The number of carboxylic acids is 3. The number of carbonyl (C=O) groups excluding carboxylic acids is 14. The Morgan fingerprint density at radius 2 is 0.725 bits per heavy atom. The number of rotatable bonds is 52. The molecule has 1 rings (SSSR count). The molecule has 28 N–H and O–H groups in total. The lowest BCUT2D eigenvalue weighted by molar-refractivity contribution is -0.142. The van der Waals surface area contributed by atoms with Gasteiger partial charge < -0.3 is 123 Å². The number of nitrogens with one attached hydrogen (secondary N) is 12. The standard InChI is InChI=1S/C68H112N18O23/c1-31(2)22-38(69)55(96)78-44(25-34(7)8)63(104)86-54(35(9)10)66(107)85-49(30-88)65(106)80-43(24-33(5)6)59(100)83-47(28-53(94)95)62(103)81-45(26-36-13-15-37(89)16-14-36)60(101)84-48(29-87)64(105)76-39(17-19-50(70)90)56(97)82-46(27-51(71)91)61(102)75-40(18-20-52(92)93)57(98)79-42(23-32(3)4)58(99)77-41(67(108)109)12-11-21-74-68(72)73/h13-16,31-35,38-49,54,87-89H,11-12,17-30,69H2,1-10H3,(H2,70,90)(H2,71,91)(H,75,102)(H,76,105)(H,77,99)(H,78,96)(H,79,98)(H,80,106)(H,81,103)(H,82,97)(H,83,100)(H,84,101)(H,85,107)(H,86,104)(H,92,93)(H,94,95)(H,108,109)(H4,72,73,74)/t38-,39-,40-,41-,42-,43-,44-,45-,46-,47-,48-,49-,54-/m0/s1. The normalized spacial score (nSPS) is 14.8. The number of aliphatic imine (C=N–C) groups is 1. The number of guanidine groups is 1. The van der Waals surface area contributed by atoms with E-state index in [-0.39, 0.29) is 73.7 Å². The number of aliphatic carboxylic acids is 3. The average Bonchev–Trinajstić information content (AvgIpc) is 0.843. The molecule has 612 valence electrons. The quantitative estimate of drug-likeness (QED) is 0.0164. The summed E-state index contributed by atoms with van der Waals surface area (Å²) in [5.41, 5.74) is 27.7. The number of amides is 14. The van der Waals surface area contributed by atoms with Gasteiger partial charge in [-0.2, -0.15) is 0 Å². The molecule has 0 saturated carbocycles. The van der Waals surface area contributed by atoms with Crippen molar-refractivity contribution >= 4 is 107 Å². The Balaban J connectivity index is 3.68. The summed E-state index contributed by atoms with van der Waals surface area (Å²) in [6.45, 7) is 14.6. The molecule has 0 unspecified atom stereocenters. The fourth-order valence-corrected chi connectivity index (χ4v) is 10.6. The minimum Gasteiger partial charge on any atom is -0.508 e. The van der Waals surface area contributed by atoms with Gasteiger partial charge in [-0.25, -0.2) is 4.79 Å². The summed E-state index contributed by atoms with van der Waals surface area (Å²) < 4.78 is 0. The largest absolute Gasteiger partial charge is 0.508 e. The van der Waals surface area contributed by atoms with Crippen molar-refractivity contribution in [1.29, 1.82) is 0 Å². The number of hydrogen-bond donors (Lipinski definition) is 23. The van der Waals surface area contributed by atoms with E-state index in [0.29, 0.717) is 6.42 Å². The highest BCUT2D eigenvalue weighted by Gasteiger charge is 2.39. The number of nitrogens with zero attached hydrogens (tertiary/aromatic N) is 1. The van der Waals surface area contributed by atoms with Crippen molar-refractivity contribution in [1.82, 2.24) is 63.8 Å². The van der Waals surface area contributed by atoms with Crippen LogP contribution in [0.5, 0.6) is 5.75 Å². The number of aliphatic hydroxyl groups is 2. The maximum Gasteiger partial charge on any atom is 0.326 e. The molecule has 0 aromatic heterocycles. The molecular weight excluding hydrogens is 1440 g/mol. The number of nitrogens with two attached hydrogens (primary N) is 5. The zero-order chi connectivity index (χ0) is 83.3. The van der Waals surface area contributed by atoms with E-state index in [2.05, 4.69) is 68.8 Å². The van der Waals surface area contributed by atoms with Gasteiger partial charge in [0.2, 0.25) is 82.7 Å². The molecule has 1 aromatic carbocycles. The zero-order valence-electron chi connectivity index (χ0n) is 63.0. The fraction of sp³-hybridized carbons (Fsp3) is 0.647. The van der Waals surface area contributed by atoms with E-state index in [0.717, 1.165) is 0 Å². The predicted octanol–water partition coefficient (Wildman–Crippen LogP) is -6.48. The molecule has 0 radical (unpaired) electrons. The molecule has 109 heavy (non-hydrogen) atoms. The Kier molecular flexibility index (Phi) is 42.8. The molecule has 0 aliphatic heterocycles. The first-order valence-electron chi connectivity index (χ1n) is 35.5. The van der Waals surface area contributed by atoms with Crippen LogP contribution >= 0.6 is 0 Å². The highest BCUT2D eigenvalue weighted by Crippen LogP contribution is 2.16. The zero-order valence-corrected chi connectivity index (χ0v) is 63.0. The van der Waals surface area contributed by atoms with Crippen LogP contribution in [0, 0.1) is 29.6 Å². The number of hydrogen-bond acceptors (Lipinski definition) is 22. The number of aliphatic hydroxyl groups excluding tert-OH is 2. The van der Waals surface area contributed by atoms with Gasteiger partial charge in [0.05, 0.1) is 32.1 Å². The first kappa shape index (κ1) is 96.2. The van der Waals surface area contributed by atoms with Crippen LogP contribution in [-0.4, -0.2) is 236 Å². The van der Waals surface area contributed by atoms with E-state index in [1.165, 1.54) is 24.3 Å². The van der Waals surface area contributed by atoms with Gasteiger partial charge in [-0.05, 0) is 98.7 Å². The van der Waals surface area contributed by atoms with Gasteiger partial charge in [0.25, 0.3) is 0 Å². The second-order valence-corrected chi connectivity index (χ2v) is 28.3. The lowest BCUT2D eigenvalue weighted by atomic mass is 9.98. The molecule has 41 nitrogen and oxygen atoms in total. The van der Waals surface area contributed by atoms with Gasteiger partial charge >= 0.3 is 17.9 Å². The van der Waals surface area contributed by atoms with Crippen molar-refractivity contribution in [3.63, 3.8) is 0 Å². The number of benzene rings is 1. The third-order valence-corrected chi connectivity index (χ3v) is 16.2. The van der Waals surface area contributed by atoms with Crippen LogP contribution in [0.25, 0.3) is 0 Å². The molecule has 41 heteroatoms. The first-order valence-corrected chi connectivity index (χ1v) is 35.5. The average molecular weight is 1550 g/mol. The molecular formula is C68H112N18O23. The van der Waals surface area contributed by atoms with Crippen molar-refractivity contribution in [3.8, 4) is 5.75 Å². The molecule has 1 aromatic rings. The molecule has 0 fully saturated rings. The Bertz CT molecular complexity index is 3330. The van der Waals surface area contributed by atoms with E-state index in [9.17, 15) is 112 Å². The maximum atomic E-state index is 14.4. The van der Waals surface area contributed by atoms with Gasteiger partial charge in [-0.15, -0.1) is 0 Å². The lowest BCUT2D eigenvalue weighted by Crippen LogP contribution is -2.62. The van der Waals surface area contributed by atoms with E-state index in [1.54, 1.807) is 55.4 Å². The highest BCUT2D eigenvalue weighted by molar-refractivity contribution is 6.01. The molecule has 0 aliphatic carbocycles. The Labute approximate surface area is 630 Å². The highest BCUT2D eigenvalue weighted by atomic mass is 16.4. The van der Waals surface area contributed by atoms with E-state index in [1.807, 2.05) is 13.8 Å². The summed E-state index contributed by atoms with van der Waals surface area (Å²) in [5.74, 6) is -22.8. The van der Waals surface area contributed by atoms with Gasteiger partial charge in [-0.3, -0.25) is 81.7 Å². The van der Waals surface area contributed by atoms with E-state index >= 15 is 0 Å². The SMILES string of the molecule is CC(C)C[C@H](NC(=O)[C@H](CCC(=O)O)NC(=O)[C@H](CC(N)=O)NC(=O)[C@H](CCC(N)=O)NC(=O)[C@H](CO)NC(=O)[C@H](Cc1ccc(O)cc1)NC(=O)[C@H](CC(=O)O)NC(=O)[C@H](CC(C)C)NC(=O)[C@H](CO)NC(=O)[C@@H](NC(=O)[C@H](CC(C)C)NC(=O)[C@@H](N)CC(C)C)C(C)C)C(=O)N[C@@H](CCCN=C(N)N)C(=O)O. The second kappa shape index (κ2) is 48.5. The van der Waals surface area contributed by atoms with Crippen LogP contribution < -0.4 is 92.5 Å². The third kappa shape index (κ3) is 38.0. The molecule has 0 saturated heterocycles. The summed E-state index contributed by atoms with van der Waals surface area (Å²) in [7, 11) is 0. The van der Waals surface area contributed by atoms with Crippen LogP contribution in [0.2, 0.25) is 0 Å². The summed E-state index contributed by atoms with van der Waals surface area (Å²) in [5, 5.41) is 88.4. The topological polar surface area (TPSA) is 698 Å². The lowest BCUT2D eigenvalue weighted by Gasteiger charge is -2.29. The van der Waals surface area contributed by atoms with Crippen molar-refractivity contribution in [2.75, 3.05) is 19.8 Å². The second-order valence-electron chi connectivity index (χ2n) is 28.3. The number of aromatic hydroxyl groups is 1. The fourth-order valence-electron chi connectivity index (χ4n) is 10.6. The smallest absolute Gasteiger partial charge is 0.326 e. The van der Waals surface area contributed by atoms with Crippen LogP contribution in [-0.2, 0) is 87.9 Å². The van der Waals surface area contributed by atoms with Crippen LogP contribution in [0.4, 0.5) is 0 Å². The predicted molar refractivity (Wildman–Crippen MR) is 389 cm³/mol. The van der Waals surface area contributed by atoms with Crippen LogP contribution in [0.15, 0.2) is 29.3 Å². The van der Waals surface area contributed by atoms with Crippen LogP contribution in [0.3, 0.4) is 0 Å². The van der Waals surface area contributed by atoms with E-state index in [4.69, 9.17) is 28.7 Å².